The van der Waals surface area contributed by atoms with Gasteiger partial charge in [0.1, 0.15) is 11.6 Å². The number of nitrogens with one attached hydrogen (secondary N) is 1. The molecule has 0 radical (unpaired) electrons. The fraction of sp³-hybridized carbons (Fsp3) is 0.278. The minimum absolute atomic E-state index is 0.188. The predicted octanol–water partition coefficient (Wildman–Crippen LogP) is 3.51. The van der Waals surface area contributed by atoms with Crippen LogP contribution in [0.1, 0.15) is 25.3 Å². The average molecular weight is 301 g/mol. The van der Waals surface area contributed by atoms with E-state index in [1.165, 1.54) is 29.8 Å². The normalized spacial score (nSPS) is 13.2. The smallest absolute Gasteiger partial charge is 0.260 e. The molecule has 0 fully saturated rings. The molecule has 2 aromatic carbocycles. The monoisotopic (exact) mass is 301 g/mol. The van der Waals surface area contributed by atoms with E-state index in [0.717, 1.165) is 0 Å². The minimum atomic E-state index is -0.631. The van der Waals surface area contributed by atoms with Crippen LogP contribution in [0.25, 0.3) is 0 Å². The Labute approximate surface area is 130 Å². The number of hydrogen-bond donors (Lipinski definition) is 1. The van der Waals surface area contributed by atoms with Gasteiger partial charge in [0.05, 0.1) is 0 Å². The third kappa shape index (κ3) is 4.58. The molecule has 116 valence electrons. The molecule has 2 aromatic rings. The SMILES string of the molecule is CC(Oc1ccc(F)cc1)C(=O)NCC(C)c1ccccc1. The number of amides is 1. The van der Waals surface area contributed by atoms with Crippen LogP contribution < -0.4 is 10.1 Å². The van der Waals surface area contributed by atoms with Gasteiger partial charge in [-0.15, -0.1) is 0 Å². The van der Waals surface area contributed by atoms with Crippen molar-refractivity contribution in [3.8, 4) is 5.75 Å². The Morgan fingerprint density at radius 3 is 2.36 bits per heavy atom. The van der Waals surface area contributed by atoms with Gasteiger partial charge in [-0.1, -0.05) is 37.3 Å². The molecular formula is C18H20FNO2. The highest BCUT2D eigenvalue weighted by Gasteiger charge is 2.15. The number of hydrogen-bond acceptors (Lipinski definition) is 2. The van der Waals surface area contributed by atoms with Crippen molar-refractivity contribution in [2.45, 2.75) is 25.9 Å². The quantitative estimate of drug-likeness (QED) is 0.886. The first-order valence-electron chi connectivity index (χ1n) is 7.31. The largest absolute Gasteiger partial charge is 0.481 e. The van der Waals surface area contributed by atoms with E-state index >= 15 is 0 Å². The van der Waals surface area contributed by atoms with E-state index in [0.29, 0.717) is 12.3 Å². The Kier molecular flexibility index (Phi) is 5.53. The molecule has 4 heteroatoms. The highest BCUT2D eigenvalue weighted by Crippen LogP contribution is 2.14. The molecule has 0 saturated heterocycles. The van der Waals surface area contributed by atoms with Gasteiger partial charge >= 0.3 is 0 Å². The third-order valence-electron chi connectivity index (χ3n) is 3.45. The Morgan fingerprint density at radius 2 is 1.73 bits per heavy atom. The van der Waals surface area contributed by atoms with Crippen LogP contribution in [-0.2, 0) is 4.79 Å². The first kappa shape index (κ1) is 16.0. The second-order valence-corrected chi connectivity index (χ2v) is 5.27. The van der Waals surface area contributed by atoms with E-state index in [4.69, 9.17) is 4.74 Å². The number of halogens is 1. The van der Waals surface area contributed by atoms with Gasteiger partial charge in [0.2, 0.25) is 0 Å². The lowest BCUT2D eigenvalue weighted by Gasteiger charge is -2.17. The molecule has 0 aliphatic rings. The van der Waals surface area contributed by atoms with E-state index in [9.17, 15) is 9.18 Å². The summed E-state index contributed by atoms with van der Waals surface area (Å²) in [5.74, 6) is 0.177. The van der Waals surface area contributed by atoms with Crippen molar-refractivity contribution in [2.24, 2.45) is 0 Å². The second-order valence-electron chi connectivity index (χ2n) is 5.27. The Bertz CT molecular complexity index is 598. The van der Waals surface area contributed by atoms with Crippen LogP contribution in [0.5, 0.6) is 5.75 Å². The molecule has 2 rings (SSSR count). The summed E-state index contributed by atoms with van der Waals surface area (Å²) in [6, 6.07) is 15.6. The molecule has 1 amide bonds. The molecule has 1 N–H and O–H groups in total. The third-order valence-corrected chi connectivity index (χ3v) is 3.45. The number of benzene rings is 2. The number of carbonyl (C=O) groups is 1. The molecule has 0 aliphatic heterocycles. The maximum Gasteiger partial charge on any atom is 0.260 e. The molecule has 0 bridgehead atoms. The molecule has 2 unspecified atom stereocenters. The standard InChI is InChI=1S/C18H20FNO2/c1-13(15-6-4-3-5-7-15)12-20-18(21)14(2)22-17-10-8-16(19)9-11-17/h3-11,13-14H,12H2,1-2H3,(H,20,21). The Balaban J connectivity index is 1.82. The Hall–Kier alpha value is -2.36. The van der Waals surface area contributed by atoms with Crippen molar-refractivity contribution in [1.29, 1.82) is 0 Å². The highest BCUT2D eigenvalue weighted by molar-refractivity contribution is 5.80. The molecule has 0 spiro atoms. The van der Waals surface area contributed by atoms with Crippen molar-refractivity contribution in [3.05, 3.63) is 66.0 Å². The molecular weight excluding hydrogens is 281 g/mol. The molecule has 0 heterocycles. The van der Waals surface area contributed by atoms with E-state index < -0.39 is 6.10 Å². The van der Waals surface area contributed by atoms with Gasteiger partial charge in [-0.2, -0.15) is 0 Å². The summed E-state index contributed by atoms with van der Waals surface area (Å²) in [4.78, 5) is 12.0. The van der Waals surface area contributed by atoms with Crippen molar-refractivity contribution >= 4 is 5.91 Å². The molecule has 0 aliphatic carbocycles. The second kappa shape index (κ2) is 7.59. The van der Waals surface area contributed by atoms with Crippen molar-refractivity contribution in [1.82, 2.24) is 5.32 Å². The summed E-state index contributed by atoms with van der Waals surface area (Å²) < 4.78 is 18.3. The first-order chi connectivity index (χ1) is 10.6. The molecule has 22 heavy (non-hydrogen) atoms. The number of rotatable bonds is 6. The van der Waals surface area contributed by atoms with Crippen molar-refractivity contribution in [2.75, 3.05) is 6.54 Å². The van der Waals surface area contributed by atoms with Crippen LogP contribution >= 0.6 is 0 Å². The predicted molar refractivity (Wildman–Crippen MR) is 84.4 cm³/mol. The van der Waals surface area contributed by atoms with Gasteiger partial charge in [-0.3, -0.25) is 4.79 Å². The summed E-state index contributed by atoms with van der Waals surface area (Å²) in [5.41, 5.74) is 1.18. The van der Waals surface area contributed by atoms with E-state index in [1.54, 1.807) is 6.92 Å². The Morgan fingerprint density at radius 1 is 1.09 bits per heavy atom. The van der Waals surface area contributed by atoms with Gasteiger partial charge < -0.3 is 10.1 Å². The fourth-order valence-electron chi connectivity index (χ4n) is 2.07. The van der Waals surface area contributed by atoms with Crippen LogP contribution in [0.15, 0.2) is 54.6 Å². The maximum absolute atomic E-state index is 12.8. The van der Waals surface area contributed by atoms with Crippen LogP contribution in [-0.4, -0.2) is 18.6 Å². The zero-order chi connectivity index (χ0) is 15.9. The lowest BCUT2D eigenvalue weighted by Crippen LogP contribution is -2.38. The van der Waals surface area contributed by atoms with Crippen molar-refractivity contribution < 1.29 is 13.9 Å². The lowest BCUT2D eigenvalue weighted by molar-refractivity contribution is -0.127. The summed E-state index contributed by atoms with van der Waals surface area (Å²) in [7, 11) is 0. The average Bonchev–Trinajstić information content (AvgIpc) is 2.55. The van der Waals surface area contributed by atoms with Gasteiger partial charge in [-0.05, 0) is 42.7 Å². The van der Waals surface area contributed by atoms with E-state index in [-0.39, 0.29) is 17.6 Å². The summed E-state index contributed by atoms with van der Waals surface area (Å²) in [6.07, 6.45) is -0.631. The number of ether oxygens (including phenoxy) is 1. The van der Waals surface area contributed by atoms with Gasteiger partial charge in [0.25, 0.3) is 5.91 Å². The summed E-state index contributed by atoms with van der Waals surface area (Å²) >= 11 is 0. The summed E-state index contributed by atoms with van der Waals surface area (Å²) in [5, 5.41) is 2.87. The fourth-order valence-corrected chi connectivity index (χ4v) is 2.07. The van der Waals surface area contributed by atoms with E-state index in [1.807, 2.05) is 30.3 Å². The zero-order valence-electron chi connectivity index (χ0n) is 12.8. The van der Waals surface area contributed by atoms with Crippen LogP contribution in [0.4, 0.5) is 4.39 Å². The van der Waals surface area contributed by atoms with Crippen LogP contribution in [0.3, 0.4) is 0 Å². The van der Waals surface area contributed by atoms with Crippen molar-refractivity contribution in [3.63, 3.8) is 0 Å². The van der Waals surface area contributed by atoms with Crippen LogP contribution in [0, 0.1) is 5.82 Å². The maximum atomic E-state index is 12.8. The lowest BCUT2D eigenvalue weighted by atomic mass is 10.0. The molecule has 2 atom stereocenters. The topological polar surface area (TPSA) is 38.3 Å². The van der Waals surface area contributed by atoms with Gasteiger partial charge in [0, 0.05) is 6.54 Å². The molecule has 3 nitrogen and oxygen atoms in total. The molecule has 0 saturated carbocycles. The van der Waals surface area contributed by atoms with Crippen LogP contribution in [0.2, 0.25) is 0 Å². The highest BCUT2D eigenvalue weighted by atomic mass is 19.1. The number of carbonyl (C=O) groups excluding carboxylic acids is 1. The van der Waals surface area contributed by atoms with Gasteiger partial charge in [-0.25, -0.2) is 4.39 Å². The molecule has 0 aromatic heterocycles. The van der Waals surface area contributed by atoms with E-state index in [2.05, 4.69) is 12.2 Å². The first-order valence-corrected chi connectivity index (χ1v) is 7.31. The summed E-state index contributed by atoms with van der Waals surface area (Å²) in [6.45, 7) is 4.27. The zero-order valence-corrected chi connectivity index (χ0v) is 12.8. The van der Waals surface area contributed by atoms with Gasteiger partial charge in [0.15, 0.2) is 6.10 Å². The minimum Gasteiger partial charge on any atom is -0.481 e.